The number of hydrogen-bond acceptors (Lipinski definition) is 3. The molecule has 9 heteroatoms. The Morgan fingerprint density at radius 3 is 2.14 bits per heavy atom. The first-order valence-corrected chi connectivity index (χ1v) is 2.66. The van der Waals surface area contributed by atoms with Crippen molar-refractivity contribution in [2.75, 3.05) is 0 Å². The van der Waals surface area contributed by atoms with Crippen LogP contribution >= 0.6 is 0 Å². The Balaban J connectivity index is -0.0000000807. The molecule has 0 amide bonds. The largest absolute Gasteiger partial charge is 2.00 e. The SMILES string of the molecule is O.O.O=C(O)c1cc(=O)[nH]c(=O)[nH]1.[Ca+2].[H-].[H-]. The molecule has 0 aliphatic rings. The predicted octanol–water partition coefficient (Wildman–Crippen LogP) is -3.04. The molecular formula is C5H10CaN2O6. The molecule has 0 spiro atoms. The molecule has 0 fully saturated rings. The monoisotopic (exact) mass is 234 g/mol. The van der Waals surface area contributed by atoms with Crippen LogP contribution in [0.5, 0.6) is 0 Å². The van der Waals surface area contributed by atoms with Gasteiger partial charge in [0.2, 0.25) is 0 Å². The molecule has 0 aromatic carbocycles. The summed E-state index contributed by atoms with van der Waals surface area (Å²) in [6.45, 7) is 0. The first-order chi connectivity index (χ1) is 5.09. The van der Waals surface area contributed by atoms with Gasteiger partial charge in [0, 0.05) is 6.07 Å². The van der Waals surface area contributed by atoms with E-state index in [2.05, 4.69) is 0 Å². The molecule has 0 bridgehead atoms. The molecule has 0 radical (unpaired) electrons. The smallest absolute Gasteiger partial charge is 1.00 e. The molecule has 78 valence electrons. The molecule has 0 atom stereocenters. The Hall–Kier alpha value is -0.670. The number of nitrogens with one attached hydrogen (secondary N) is 2. The summed E-state index contributed by atoms with van der Waals surface area (Å²) in [6, 6.07) is 0.795. The van der Waals surface area contributed by atoms with Crippen molar-refractivity contribution >= 4 is 43.7 Å². The van der Waals surface area contributed by atoms with Crippen molar-refractivity contribution in [3.05, 3.63) is 32.6 Å². The standard InChI is InChI=1S/C5H4N2O4.Ca.2H2O.2H/c8-3-1-2(4(9)10)6-5(11)7-3;;;;;/h1H,(H,9,10)(H2,6,7,8,11);;2*1H2;;/q;+2;;;2*-1. The van der Waals surface area contributed by atoms with Gasteiger partial charge in [-0.3, -0.25) is 9.78 Å². The van der Waals surface area contributed by atoms with Crippen molar-refractivity contribution in [2.24, 2.45) is 0 Å². The van der Waals surface area contributed by atoms with Gasteiger partial charge in [-0.15, -0.1) is 0 Å². The number of hydrogen-bond donors (Lipinski definition) is 3. The summed E-state index contributed by atoms with van der Waals surface area (Å²) in [5, 5.41) is 8.31. The van der Waals surface area contributed by atoms with Gasteiger partial charge in [-0.25, -0.2) is 9.59 Å². The maximum Gasteiger partial charge on any atom is 2.00 e. The molecule has 1 heterocycles. The van der Waals surface area contributed by atoms with E-state index in [1.165, 1.54) is 0 Å². The van der Waals surface area contributed by atoms with E-state index in [1.807, 2.05) is 9.97 Å². The molecule has 8 nitrogen and oxygen atoms in total. The second-order valence-electron chi connectivity index (χ2n) is 1.81. The zero-order chi connectivity index (χ0) is 8.43. The number of aromatic nitrogens is 2. The third-order valence-electron chi connectivity index (χ3n) is 0.991. The van der Waals surface area contributed by atoms with Crippen LogP contribution in [-0.4, -0.2) is 69.7 Å². The second kappa shape index (κ2) is 7.71. The number of rotatable bonds is 1. The minimum atomic E-state index is -1.34. The van der Waals surface area contributed by atoms with E-state index in [9.17, 15) is 14.4 Å². The average molecular weight is 234 g/mol. The third kappa shape index (κ3) is 5.14. The number of carboxylic acid groups (broad SMARTS) is 1. The predicted molar refractivity (Wildman–Crippen MR) is 49.8 cm³/mol. The molecule has 0 aliphatic carbocycles. The Kier molecular flexibility index (Phi) is 10.5. The van der Waals surface area contributed by atoms with Gasteiger partial charge in [0.05, 0.1) is 0 Å². The second-order valence-corrected chi connectivity index (χ2v) is 1.81. The Morgan fingerprint density at radius 1 is 1.29 bits per heavy atom. The average Bonchev–Trinajstić information content (AvgIpc) is 1.85. The maximum atomic E-state index is 10.5. The van der Waals surface area contributed by atoms with E-state index in [0.29, 0.717) is 0 Å². The van der Waals surface area contributed by atoms with E-state index >= 15 is 0 Å². The molecule has 0 aliphatic heterocycles. The minimum absolute atomic E-state index is 0. The number of aromatic carboxylic acids is 1. The van der Waals surface area contributed by atoms with Crippen LogP contribution in [0.4, 0.5) is 0 Å². The summed E-state index contributed by atoms with van der Waals surface area (Å²) in [7, 11) is 0. The summed E-state index contributed by atoms with van der Waals surface area (Å²) in [6.07, 6.45) is 0. The first-order valence-electron chi connectivity index (χ1n) is 2.66. The van der Waals surface area contributed by atoms with Crippen LogP contribution in [0.15, 0.2) is 15.7 Å². The molecule has 7 N–H and O–H groups in total. The fourth-order valence-electron chi connectivity index (χ4n) is 0.584. The normalized spacial score (nSPS) is 7.43. The molecule has 0 saturated carbocycles. The Bertz CT molecular complexity index is 376. The van der Waals surface area contributed by atoms with Gasteiger partial charge < -0.3 is 23.9 Å². The van der Waals surface area contributed by atoms with Gasteiger partial charge >= 0.3 is 49.4 Å². The number of H-pyrrole nitrogens is 2. The molecule has 1 aromatic heterocycles. The fourth-order valence-corrected chi connectivity index (χ4v) is 0.584. The molecule has 14 heavy (non-hydrogen) atoms. The van der Waals surface area contributed by atoms with Crippen molar-refractivity contribution < 1.29 is 23.7 Å². The topological polar surface area (TPSA) is 166 Å². The van der Waals surface area contributed by atoms with Crippen molar-refractivity contribution in [1.29, 1.82) is 0 Å². The molecule has 0 unspecified atom stereocenters. The fraction of sp³-hybridized carbons (Fsp3) is 0. The zero-order valence-corrected chi connectivity index (χ0v) is 9.16. The number of aromatic amines is 2. The van der Waals surface area contributed by atoms with Crippen LogP contribution in [0, 0.1) is 0 Å². The van der Waals surface area contributed by atoms with Gasteiger partial charge in [0.1, 0.15) is 5.69 Å². The quantitative estimate of drug-likeness (QED) is 0.439. The molecule has 0 saturated heterocycles. The van der Waals surface area contributed by atoms with Gasteiger partial charge in [-0.1, -0.05) is 0 Å². The van der Waals surface area contributed by atoms with Crippen LogP contribution < -0.4 is 11.2 Å². The molecular weight excluding hydrogens is 224 g/mol. The van der Waals surface area contributed by atoms with Crippen molar-refractivity contribution in [2.45, 2.75) is 0 Å². The zero-order valence-electron chi connectivity index (χ0n) is 8.96. The van der Waals surface area contributed by atoms with Gasteiger partial charge in [0.25, 0.3) is 5.56 Å². The third-order valence-corrected chi connectivity index (χ3v) is 0.991. The van der Waals surface area contributed by atoms with Crippen LogP contribution in [-0.2, 0) is 0 Å². The summed E-state index contributed by atoms with van der Waals surface area (Å²) in [5.74, 6) is -1.34. The van der Waals surface area contributed by atoms with E-state index in [0.717, 1.165) is 6.07 Å². The van der Waals surface area contributed by atoms with Gasteiger partial charge in [-0.2, -0.15) is 0 Å². The van der Waals surface area contributed by atoms with Crippen LogP contribution in [0.2, 0.25) is 0 Å². The molecule has 1 aromatic rings. The summed E-state index contributed by atoms with van der Waals surface area (Å²) in [5.41, 5.74) is -1.97. The summed E-state index contributed by atoms with van der Waals surface area (Å²) < 4.78 is 0. The van der Waals surface area contributed by atoms with E-state index in [1.54, 1.807) is 0 Å². The van der Waals surface area contributed by atoms with E-state index < -0.39 is 22.9 Å². The maximum absolute atomic E-state index is 10.5. The number of carboxylic acids is 1. The van der Waals surface area contributed by atoms with Gasteiger partial charge in [-0.05, 0) is 0 Å². The van der Waals surface area contributed by atoms with Crippen molar-refractivity contribution in [3.8, 4) is 0 Å². The first kappa shape index (κ1) is 19.0. The summed E-state index contributed by atoms with van der Waals surface area (Å²) >= 11 is 0. The number of carbonyl (C=O) groups is 1. The molecule has 1 rings (SSSR count). The van der Waals surface area contributed by atoms with Crippen LogP contribution in [0.1, 0.15) is 13.3 Å². The van der Waals surface area contributed by atoms with E-state index in [-0.39, 0.29) is 51.5 Å². The Morgan fingerprint density at radius 2 is 1.79 bits per heavy atom. The van der Waals surface area contributed by atoms with Crippen LogP contribution in [0.25, 0.3) is 0 Å². The Labute approximate surface area is 110 Å². The van der Waals surface area contributed by atoms with Crippen LogP contribution in [0.3, 0.4) is 0 Å². The van der Waals surface area contributed by atoms with Gasteiger partial charge in [0.15, 0.2) is 0 Å². The van der Waals surface area contributed by atoms with Crippen molar-refractivity contribution in [3.63, 3.8) is 0 Å². The summed E-state index contributed by atoms with van der Waals surface area (Å²) in [4.78, 5) is 34.9. The van der Waals surface area contributed by atoms with E-state index in [4.69, 9.17) is 5.11 Å². The minimum Gasteiger partial charge on any atom is -1.00 e. The van der Waals surface area contributed by atoms with Crippen molar-refractivity contribution in [1.82, 2.24) is 9.97 Å².